The second-order valence-electron chi connectivity index (χ2n) is 6.25. The van der Waals surface area contributed by atoms with Crippen molar-refractivity contribution in [3.63, 3.8) is 0 Å². The molecular weight excluding hydrogens is 378 g/mol. The number of ketones is 1. The summed E-state index contributed by atoms with van der Waals surface area (Å²) in [5, 5.41) is 11.5. The molecule has 0 aromatic heterocycles. The summed E-state index contributed by atoms with van der Waals surface area (Å²) in [6.07, 6.45) is 0. The monoisotopic (exact) mass is 399 g/mol. The molecule has 0 fully saturated rings. The van der Waals surface area contributed by atoms with Crippen molar-refractivity contribution in [2.75, 3.05) is 13.2 Å². The first kappa shape index (κ1) is 21.7. The molecule has 2 rings (SSSR count). The highest BCUT2D eigenvalue weighted by Gasteiger charge is 2.47. The third kappa shape index (κ3) is 4.31. The van der Waals surface area contributed by atoms with Gasteiger partial charge in [-0.25, -0.2) is 0 Å². The zero-order valence-electron chi connectivity index (χ0n) is 16.3. The van der Waals surface area contributed by atoms with Crippen LogP contribution in [0.2, 0.25) is 0 Å². The first-order chi connectivity index (χ1) is 13.8. The maximum absolute atomic E-state index is 12.9. The first-order valence-corrected chi connectivity index (χ1v) is 9.00. The Kier molecular flexibility index (Phi) is 6.82. The maximum atomic E-state index is 12.9. The molecule has 0 atom stereocenters. The molecule has 0 spiro atoms. The molecule has 0 aliphatic rings. The Hall–Kier alpha value is -3.55. The molecule has 0 aliphatic heterocycles. The Morgan fingerprint density at radius 3 is 2.00 bits per heavy atom. The number of ether oxygens (including phenoxy) is 2. The standard InChI is InChI=1S/C21H21NO7/c1-4-28-19(24)21(3,20(25)29-5-2)15-11-12-17(22(26)27)16(13-15)18(23)14-9-7-6-8-10-14/h6-13H,4-5H2,1-3H3. The van der Waals surface area contributed by atoms with Gasteiger partial charge in [-0.05, 0) is 32.4 Å². The smallest absolute Gasteiger partial charge is 0.327 e. The van der Waals surface area contributed by atoms with Crippen molar-refractivity contribution in [2.45, 2.75) is 26.2 Å². The molecule has 29 heavy (non-hydrogen) atoms. The summed E-state index contributed by atoms with van der Waals surface area (Å²) in [5.74, 6) is -2.34. The number of nitrogens with zero attached hydrogens (tertiary/aromatic N) is 1. The highest BCUT2D eigenvalue weighted by atomic mass is 16.6. The fourth-order valence-electron chi connectivity index (χ4n) is 2.80. The van der Waals surface area contributed by atoms with Crippen LogP contribution in [0.1, 0.15) is 42.3 Å². The van der Waals surface area contributed by atoms with Crippen LogP contribution in [-0.4, -0.2) is 35.9 Å². The normalized spacial score (nSPS) is 10.9. The lowest BCUT2D eigenvalue weighted by atomic mass is 9.81. The number of rotatable bonds is 8. The molecule has 0 aliphatic carbocycles. The summed E-state index contributed by atoms with van der Waals surface area (Å²) in [4.78, 5) is 48.9. The van der Waals surface area contributed by atoms with E-state index in [4.69, 9.17) is 9.47 Å². The number of hydrogen-bond acceptors (Lipinski definition) is 7. The maximum Gasteiger partial charge on any atom is 0.327 e. The van der Waals surface area contributed by atoms with Crippen LogP contribution < -0.4 is 0 Å². The second-order valence-corrected chi connectivity index (χ2v) is 6.25. The molecule has 0 amide bonds. The zero-order chi connectivity index (χ0) is 21.6. The number of esters is 2. The van der Waals surface area contributed by atoms with Gasteiger partial charge < -0.3 is 9.47 Å². The Balaban J connectivity index is 2.68. The Labute approximate surface area is 167 Å². The minimum Gasteiger partial charge on any atom is -0.465 e. The van der Waals surface area contributed by atoms with Crippen molar-refractivity contribution in [3.05, 3.63) is 75.3 Å². The van der Waals surface area contributed by atoms with Gasteiger partial charge >= 0.3 is 11.9 Å². The van der Waals surface area contributed by atoms with E-state index in [2.05, 4.69) is 0 Å². The predicted molar refractivity (Wildman–Crippen MR) is 104 cm³/mol. The summed E-state index contributed by atoms with van der Waals surface area (Å²) >= 11 is 0. The van der Waals surface area contributed by atoms with Crippen LogP contribution in [0, 0.1) is 10.1 Å². The molecule has 0 bridgehead atoms. The van der Waals surface area contributed by atoms with Gasteiger partial charge in [-0.2, -0.15) is 0 Å². The summed E-state index contributed by atoms with van der Waals surface area (Å²) in [6.45, 7) is 4.53. The molecule has 0 saturated heterocycles. The molecular formula is C21H21NO7. The highest BCUT2D eigenvalue weighted by Crippen LogP contribution is 2.32. The molecule has 8 nitrogen and oxygen atoms in total. The van der Waals surface area contributed by atoms with Gasteiger partial charge in [0.15, 0.2) is 11.2 Å². The average molecular weight is 399 g/mol. The van der Waals surface area contributed by atoms with Crippen molar-refractivity contribution in [2.24, 2.45) is 0 Å². The van der Waals surface area contributed by atoms with Crippen LogP contribution in [0.25, 0.3) is 0 Å². The number of carbonyl (C=O) groups excluding carboxylic acids is 3. The number of benzene rings is 2. The Morgan fingerprint density at radius 2 is 1.52 bits per heavy atom. The lowest BCUT2D eigenvalue weighted by Gasteiger charge is -2.25. The van der Waals surface area contributed by atoms with E-state index in [-0.39, 0.29) is 29.9 Å². The number of nitro groups is 1. The fraction of sp³-hybridized carbons (Fsp3) is 0.286. The molecule has 2 aromatic carbocycles. The predicted octanol–water partition coefficient (Wildman–Crippen LogP) is 3.21. The minimum atomic E-state index is -1.88. The van der Waals surface area contributed by atoms with E-state index in [1.165, 1.54) is 31.2 Å². The fourth-order valence-corrected chi connectivity index (χ4v) is 2.80. The van der Waals surface area contributed by atoms with Crippen LogP contribution in [0.4, 0.5) is 5.69 Å². The van der Waals surface area contributed by atoms with Crippen molar-refractivity contribution < 1.29 is 28.8 Å². The molecule has 8 heteroatoms. The molecule has 0 radical (unpaired) electrons. The number of nitro benzene ring substituents is 1. The molecule has 0 saturated carbocycles. The van der Waals surface area contributed by atoms with E-state index in [1.54, 1.807) is 32.0 Å². The van der Waals surface area contributed by atoms with Gasteiger partial charge in [-0.1, -0.05) is 36.4 Å². The Bertz CT molecular complexity index is 919. The van der Waals surface area contributed by atoms with Gasteiger partial charge in [0.1, 0.15) is 5.56 Å². The summed E-state index contributed by atoms with van der Waals surface area (Å²) in [5.41, 5.74) is -2.25. The molecule has 0 unspecified atom stereocenters. The van der Waals surface area contributed by atoms with E-state index in [1.807, 2.05) is 0 Å². The Morgan fingerprint density at radius 1 is 0.966 bits per heavy atom. The second kappa shape index (κ2) is 9.09. The van der Waals surface area contributed by atoms with Crippen molar-refractivity contribution in [1.82, 2.24) is 0 Å². The molecule has 2 aromatic rings. The molecule has 0 N–H and O–H groups in total. The summed E-state index contributed by atoms with van der Waals surface area (Å²) in [7, 11) is 0. The van der Waals surface area contributed by atoms with Crippen LogP contribution >= 0.6 is 0 Å². The van der Waals surface area contributed by atoms with E-state index in [9.17, 15) is 24.5 Å². The van der Waals surface area contributed by atoms with Gasteiger partial charge in [0, 0.05) is 11.6 Å². The first-order valence-electron chi connectivity index (χ1n) is 9.00. The number of hydrogen-bond donors (Lipinski definition) is 0. The highest BCUT2D eigenvalue weighted by molar-refractivity contribution is 6.12. The third-order valence-corrected chi connectivity index (χ3v) is 4.42. The van der Waals surface area contributed by atoms with E-state index in [0.717, 1.165) is 6.07 Å². The molecule has 0 heterocycles. The SMILES string of the molecule is CCOC(=O)C(C)(C(=O)OCC)c1ccc([N+](=O)[O-])c(C(=O)c2ccccc2)c1. The van der Waals surface area contributed by atoms with E-state index >= 15 is 0 Å². The average Bonchev–Trinajstić information content (AvgIpc) is 2.73. The largest absolute Gasteiger partial charge is 0.465 e. The van der Waals surface area contributed by atoms with Crippen LogP contribution in [0.5, 0.6) is 0 Å². The van der Waals surface area contributed by atoms with Gasteiger partial charge in [-0.15, -0.1) is 0 Å². The zero-order valence-corrected chi connectivity index (χ0v) is 16.3. The van der Waals surface area contributed by atoms with Crippen LogP contribution in [0.3, 0.4) is 0 Å². The van der Waals surface area contributed by atoms with Crippen LogP contribution in [0.15, 0.2) is 48.5 Å². The van der Waals surface area contributed by atoms with Gasteiger partial charge in [-0.3, -0.25) is 24.5 Å². The third-order valence-electron chi connectivity index (χ3n) is 4.42. The van der Waals surface area contributed by atoms with Crippen LogP contribution in [-0.2, 0) is 24.5 Å². The van der Waals surface area contributed by atoms with Gasteiger partial charge in [0.25, 0.3) is 5.69 Å². The number of carbonyl (C=O) groups is 3. The van der Waals surface area contributed by atoms with Crippen molar-refractivity contribution in [3.8, 4) is 0 Å². The quantitative estimate of drug-likeness (QED) is 0.220. The van der Waals surface area contributed by atoms with E-state index < -0.39 is 33.7 Å². The van der Waals surface area contributed by atoms with Gasteiger partial charge in [0.2, 0.25) is 0 Å². The topological polar surface area (TPSA) is 113 Å². The van der Waals surface area contributed by atoms with E-state index in [0.29, 0.717) is 0 Å². The minimum absolute atomic E-state index is 0.0244. The molecule has 152 valence electrons. The van der Waals surface area contributed by atoms with Gasteiger partial charge in [0.05, 0.1) is 18.1 Å². The van der Waals surface area contributed by atoms with Crippen molar-refractivity contribution >= 4 is 23.4 Å². The lowest BCUT2D eigenvalue weighted by molar-refractivity contribution is -0.385. The summed E-state index contributed by atoms with van der Waals surface area (Å²) < 4.78 is 10.1. The summed E-state index contributed by atoms with van der Waals surface area (Å²) in [6, 6.07) is 11.6. The lowest BCUT2D eigenvalue weighted by Crippen LogP contribution is -2.43. The van der Waals surface area contributed by atoms with Crippen molar-refractivity contribution in [1.29, 1.82) is 0 Å².